The molecular formula is C48H35N2OP. The Morgan fingerprint density at radius 3 is 2.00 bits per heavy atom. The Morgan fingerprint density at radius 2 is 1.19 bits per heavy atom. The van der Waals surface area contributed by atoms with Crippen LogP contribution < -0.4 is 10.6 Å². The summed E-state index contributed by atoms with van der Waals surface area (Å²) in [6.45, 7) is 3.73. The van der Waals surface area contributed by atoms with Crippen LogP contribution in [0.25, 0.3) is 71.4 Å². The molecule has 9 rings (SSSR count). The summed E-state index contributed by atoms with van der Waals surface area (Å²) in [4.78, 5) is 5.10. The van der Waals surface area contributed by atoms with E-state index in [4.69, 9.17) is 4.98 Å². The SMILES string of the molecule is C=C/C=C\C=C/CP(=O)(c1ccccc1)c1ccc2cc(-c3ccc(-c4ccc5c6ccccc6n6c7ccccc7nc6c5c4)cc3)ccc2c1. The number of nitrogens with zero attached hydrogens (tertiary/aromatic N) is 2. The van der Waals surface area contributed by atoms with Gasteiger partial charge in [0.15, 0.2) is 0 Å². The summed E-state index contributed by atoms with van der Waals surface area (Å²) in [6, 6.07) is 55.1. The van der Waals surface area contributed by atoms with E-state index in [1.807, 2.05) is 66.8 Å². The zero-order valence-electron chi connectivity index (χ0n) is 28.6. The smallest absolute Gasteiger partial charge is 0.146 e. The van der Waals surface area contributed by atoms with Crippen LogP contribution in [0, 0.1) is 0 Å². The molecule has 0 aliphatic heterocycles. The first-order valence-electron chi connectivity index (χ1n) is 17.6. The third-order valence-electron chi connectivity index (χ3n) is 10.1. The molecule has 2 aromatic heterocycles. The summed E-state index contributed by atoms with van der Waals surface area (Å²) < 4.78 is 17.0. The van der Waals surface area contributed by atoms with Gasteiger partial charge in [-0.15, -0.1) is 0 Å². The van der Waals surface area contributed by atoms with Crippen LogP contribution in [0.5, 0.6) is 0 Å². The minimum atomic E-state index is -2.88. The molecule has 52 heavy (non-hydrogen) atoms. The Morgan fingerprint density at radius 1 is 0.538 bits per heavy atom. The summed E-state index contributed by atoms with van der Waals surface area (Å²) in [5.41, 5.74) is 8.86. The maximum absolute atomic E-state index is 14.7. The Bertz CT molecular complexity index is 2920. The van der Waals surface area contributed by atoms with Gasteiger partial charge in [0.1, 0.15) is 12.8 Å². The van der Waals surface area contributed by atoms with Crippen molar-refractivity contribution in [3.8, 4) is 22.3 Å². The minimum Gasteiger partial charge on any atom is -0.313 e. The van der Waals surface area contributed by atoms with E-state index in [0.29, 0.717) is 6.16 Å². The first-order chi connectivity index (χ1) is 25.6. The molecule has 0 bridgehead atoms. The second-order valence-corrected chi connectivity index (χ2v) is 16.0. The zero-order valence-corrected chi connectivity index (χ0v) is 29.5. The molecule has 7 aromatic carbocycles. The van der Waals surface area contributed by atoms with E-state index < -0.39 is 7.14 Å². The van der Waals surface area contributed by atoms with Gasteiger partial charge in [-0.3, -0.25) is 4.40 Å². The lowest BCUT2D eigenvalue weighted by Gasteiger charge is -2.18. The molecule has 248 valence electrons. The van der Waals surface area contributed by atoms with Gasteiger partial charge in [-0.1, -0.05) is 158 Å². The van der Waals surface area contributed by atoms with Crippen molar-refractivity contribution in [1.29, 1.82) is 0 Å². The van der Waals surface area contributed by atoms with Gasteiger partial charge in [0.25, 0.3) is 0 Å². The Labute approximate surface area is 302 Å². The highest BCUT2D eigenvalue weighted by Crippen LogP contribution is 2.44. The predicted molar refractivity (Wildman–Crippen MR) is 223 cm³/mol. The molecule has 2 heterocycles. The molecule has 0 radical (unpaired) electrons. The number of para-hydroxylation sites is 3. The van der Waals surface area contributed by atoms with Crippen molar-refractivity contribution in [3.63, 3.8) is 0 Å². The van der Waals surface area contributed by atoms with Crippen LogP contribution in [0.1, 0.15) is 0 Å². The maximum atomic E-state index is 14.7. The Balaban J connectivity index is 1.05. The fraction of sp³-hybridized carbons (Fsp3) is 0.0208. The molecular weight excluding hydrogens is 652 g/mol. The van der Waals surface area contributed by atoms with Crippen LogP contribution in [0.3, 0.4) is 0 Å². The van der Waals surface area contributed by atoms with E-state index in [9.17, 15) is 4.57 Å². The molecule has 1 atom stereocenters. The van der Waals surface area contributed by atoms with Crippen LogP contribution >= 0.6 is 7.14 Å². The van der Waals surface area contributed by atoms with Crippen LogP contribution in [0.15, 0.2) is 195 Å². The molecule has 9 aromatic rings. The van der Waals surface area contributed by atoms with Gasteiger partial charge in [0.2, 0.25) is 0 Å². The largest absolute Gasteiger partial charge is 0.313 e. The van der Waals surface area contributed by atoms with Gasteiger partial charge in [-0.25, -0.2) is 4.98 Å². The minimum absolute atomic E-state index is 0.450. The molecule has 0 N–H and O–H groups in total. The van der Waals surface area contributed by atoms with E-state index in [2.05, 4.69) is 126 Å². The molecule has 3 nitrogen and oxygen atoms in total. The summed E-state index contributed by atoms with van der Waals surface area (Å²) in [5.74, 6) is 0. The third kappa shape index (κ3) is 5.48. The Hall–Kier alpha value is -6.28. The predicted octanol–water partition coefficient (Wildman–Crippen LogP) is 11.9. The second kappa shape index (κ2) is 13.1. The lowest BCUT2D eigenvalue weighted by Crippen LogP contribution is -2.17. The zero-order chi connectivity index (χ0) is 35.1. The molecule has 0 saturated carbocycles. The molecule has 0 spiro atoms. The third-order valence-corrected chi connectivity index (χ3v) is 13.0. The van der Waals surface area contributed by atoms with E-state index >= 15 is 0 Å². The number of hydrogen-bond acceptors (Lipinski definition) is 2. The van der Waals surface area contributed by atoms with E-state index in [1.54, 1.807) is 6.08 Å². The highest BCUT2D eigenvalue weighted by molar-refractivity contribution is 7.78. The molecule has 4 heteroatoms. The number of allylic oxidation sites excluding steroid dienone is 5. The van der Waals surface area contributed by atoms with Gasteiger partial charge < -0.3 is 4.57 Å². The number of fused-ring (bicyclic) bond motifs is 9. The normalized spacial score (nSPS) is 13.2. The van der Waals surface area contributed by atoms with Crippen molar-refractivity contribution >= 4 is 66.9 Å². The number of hydrogen-bond donors (Lipinski definition) is 0. The molecule has 0 fully saturated rings. The van der Waals surface area contributed by atoms with E-state index in [1.165, 1.54) is 10.8 Å². The van der Waals surface area contributed by atoms with Gasteiger partial charge in [-0.05, 0) is 74.8 Å². The van der Waals surface area contributed by atoms with Gasteiger partial charge in [0, 0.05) is 27.5 Å². The maximum Gasteiger partial charge on any atom is 0.146 e. The summed E-state index contributed by atoms with van der Waals surface area (Å²) in [5, 5.41) is 7.49. The highest BCUT2D eigenvalue weighted by atomic mass is 31.2. The van der Waals surface area contributed by atoms with Crippen molar-refractivity contribution in [2.45, 2.75) is 0 Å². The van der Waals surface area contributed by atoms with Crippen molar-refractivity contribution in [2.24, 2.45) is 0 Å². The first kappa shape index (κ1) is 31.7. The quantitative estimate of drug-likeness (QED) is 0.0906. The number of aromatic nitrogens is 2. The fourth-order valence-electron chi connectivity index (χ4n) is 7.44. The average molecular weight is 687 g/mol. The number of pyridine rings is 1. The first-order valence-corrected chi connectivity index (χ1v) is 19.5. The van der Waals surface area contributed by atoms with Crippen molar-refractivity contribution in [2.75, 3.05) is 6.16 Å². The second-order valence-electron chi connectivity index (χ2n) is 13.2. The highest BCUT2D eigenvalue weighted by Gasteiger charge is 2.26. The lowest BCUT2D eigenvalue weighted by atomic mass is 9.96. The number of imidazole rings is 1. The van der Waals surface area contributed by atoms with Crippen molar-refractivity contribution < 1.29 is 4.57 Å². The molecule has 0 amide bonds. The van der Waals surface area contributed by atoms with E-state index in [0.717, 1.165) is 71.2 Å². The summed E-state index contributed by atoms with van der Waals surface area (Å²) >= 11 is 0. The van der Waals surface area contributed by atoms with Gasteiger partial charge in [0.05, 0.1) is 16.6 Å². The van der Waals surface area contributed by atoms with Crippen LogP contribution in [-0.4, -0.2) is 15.5 Å². The Kier molecular flexibility index (Phi) is 7.99. The van der Waals surface area contributed by atoms with Gasteiger partial charge in [-0.2, -0.15) is 0 Å². The van der Waals surface area contributed by atoms with Crippen molar-refractivity contribution in [1.82, 2.24) is 9.38 Å². The van der Waals surface area contributed by atoms with Crippen LogP contribution in [0.4, 0.5) is 0 Å². The standard InChI is InChI=1S/C48H35N2OP/c1-2-3-4-5-13-30-52(51,40-14-7-6-8-15-40)41-28-26-37-31-36(24-25-38(37)32-41)34-20-22-35(23-21-34)39-27-29-42-43-16-9-11-18-46(43)50-47-19-12-10-17-45(47)49-48(50)44(42)33-39/h2-29,31-33H,1,30H2/b4-3-,13-5-. The van der Waals surface area contributed by atoms with E-state index in [-0.39, 0.29) is 0 Å². The van der Waals surface area contributed by atoms with Gasteiger partial charge >= 0.3 is 0 Å². The molecule has 0 aliphatic carbocycles. The van der Waals surface area contributed by atoms with Crippen LogP contribution in [0.2, 0.25) is 0 Å². The molecule has 0 aliphatic rings. The van der Waals surface area contributed by atoms with Crippen molar-refractivity contribution in [3.05, 3.63) is 195 Å². The number of benzene rings is 7. The number of rotatable bonds is 8. The summed E-state index contributed by atoms with van der Waals surface area (Å²) in [7, 11) is -2.88. The monoisotopic (exact) mass is 686 g/mol. The molecule has 0 saturated heterocycles. The summed E-state index contributed by atoms with van der Waals surface area (Å²) in [6.07, 6.45) is 9.91. The topological polar surface area (TPSA) is 34.4 Å². The lowest BCUT2D eigenvalue weighted by molar-refractivity contribution is 0.588. The fourth-order valence-corrected chi connectivity index (χ4v) is 9.90. The van der Waals surface area contributed by atoms with Crippen LogP contribution in [-0.2, 0) is 4.57 Å². The molecule has 1 unspecified atom stereocenters. The average Bonchev–Trinajstić information content (AvgIpc) is 3.61.